The Morgan fingerprint density at radius 1 is 1.03 bits per heavy atom. The van der Waals surface area contributed by atoms with E-state index in [0.29, 0.717) is 25.6 Å². The molecule has 0 spiro atoms. The van der Waals surface area contributed by atoms with E-state index in [1.807, 2.05) is 60.4 Å². The highest BCUT2D eigenvalue weighted by atomic mass is 16.5. The molecule has 1 saturated heterocycles. The van der Waals surface area contributed by atoms with E-state index in [1.165, 1.54) is 18.4 Å². The summed E-state index contributed by atoms with van der Waals surface area (Å²) in [6.45, 7) is 5.44. The monoisotopic (exact) mass is 463 g/mol. The molecule has 1 atom stereocenters. The standard InChI is InChI=1S/C28H37N3O3/c1-21-6-5-9-24(20-21)28(33)31-18-16-30(17-19-31)26(23-7-3-4-8-23)27(32)29-15-14-22-10-12-25(34-2)13-11-22/h5-6,9-13,20,23,26H,3-4,7-8,14-19H2,1-2H3,(H,29,32). The molecular weight excluding hydrogens is 426 g/mol. The van der Waals surface area contributed by atoms with E-state index in [9.17, 15) is 9.59 Å². The number of ether oxygens (including phenoxy) is 1. The van der Waals surface area contributed by atoms with Crippen LogP contribution in [0.25, 0.3) is 0 Å². The van der Waals surface area contributed by atoms with Crippen LogP contribution in [-0.2, 0) is 11.2 Å². The third-order valence-corrected chi connectivity index (χ3v) is 7.25. The highest BCUT2D eigenvalue weighted by Crippen LogP contribution is 2.31. The van der Waals surface area contributed by atoms with Crippen LogP contribution >= 0.6 is 0 Å². The van der Waals surface area contributed by atoms with Gasteiger partial charge in [-0.05, 0) is 61.9 Å². The Labute approximate surface area is 203 Å². The van der Waals surface area contributed by atoms with Gasteiger partial charge in [-0.25, -0.2) is 0 Å². The number of carbonyl (C=O) groups is 2. The predicted octanol–water partition coefficient (Wildman–Crippen LogP) is 3.68. The average Bonchev–Trinajstić information content (AvgIpc) is 3.39. The van der Waals surface area contributed by atoms with Gasteiger partial charge in [-0.2, -0.15) is 0 Å². The summed E-state index contributed by atoms with van der Waals surface area (Å²) < 4.78 is 5.22. The molecule has 6 heteroatoms. The molecule has 34 heavy (non-hydrogen) atoms. The van der Waals surface area contributed by atoms with Crippen molar-refractivity contribution < 1.29 is 14.3 Å². The second-order valence-electron chi connectivity index (χ2n) is 9.58. The molecule has 2 aromatic rings. The first kappa shape index (κ1) is 24.3. The number of rotatable bonds is 8. The average molecular weight is 464 g/mol. The predicted molar refractivity (Wildman–Crippen MR) is 134 cm³/mol. The van der Waals surface area contributed by atoms with Crippen molar-refractivity contribution in [2.45, 2.75) is 45.1 Å². The maximum absolute atomic E-state index is 13.3. The van der Waals surface area contributed by atoms with Crippen molar-refractivity contribution in [1.29, 1.82) is 0 Å². The van der Waals surface area contributed by atoms with E-state index in [-0.39, 0.29) is 17.9 Å². The van der Waals surface area contributed by atoms with Crippen LogP contribution in [0.4, 0.5) is 0 Å². The quantitative estimate of drug-likeness (QED) is 0.649. The highest BCUT2D eigenvalue weighted by molar-refractivity contribution is 5.94. The number of methoxy groups -OCH3 is 1. The molecule has 1 N–H and O–H groups in total. The zero-order chi connectivity index (χ0) is 23.9. The molecule has 4 rings (SSSR count). The third-order valence-electron chi connectivity index (χ3n) is 7.25. The van der Waals surface area contributed by atoms with Gasteiger partial charge in [-0.15, -0.1) is 0 Å². The number of nitrogens with one attached hydrogen (secondary N) is 1. The maximum atomic E-state index is 13.3. The van der Waals surface area contributed by atoms with Crippen LogP contribution in [0.15, 0.2) is 48.5 Å². The van der Waals surface area contributed by atoms with E-state index in [4.69, 9.17) is 4.74 Å². The Bertz CT molecular complexity index is 961. The molecule has 0 radical (unpaired) electrons. The molecule has 2 fully saturated rings. The van der Waals surface area contributed by atoms with Gasteiger partial charge in [-0.3, -0.25) is 14.5 Å². The minimum atomic E-state index is -0.102. The zero-order valence-corrected chi connectivity index (χ0v) is 20.5. The van der Waals surface area contributed by atoms with Crippen molar-refractivity contribution in [2.75, 3.05) is 39.8 Å². The molecule has 1 aliphatic heterocycles. The van der Waals surface area contributed by atoms with E-state index < -0.39 is 0 Å². The lowest BCUT2D eigenvalue weighted by atomic mass is 9.94. The van der Waals surface area contributed by atoms with Gasteiger partial charge in [0.05, 0.1) is 13.2 Å². The number of hydrogen-bond donors (Lipinski definition) is 1. The summed E-state index contributed by atoms with van der Waals surface area (Å²) in [4.78, 5) is 30.5. The minimum Gasteiger partial charge on any atom is -0.497 e. The number of carbonyl (C=O) groups excluding carboxylic acids is 2. The van der Waals surface area contributed by atoms with E-state index >= 15 is 0 Å². The van der Waals surface area contributed by atoms with Crippen molar-refractivity contribution >= 4 is 11.8 Å². The molecule has 2 aliphatic rings. The lowest BCUT2D eigenvalue weighted by molar-refractivity contribution is -0.129. The number of nitrogens with zero attached hydrogens (tertiary/aromatic N) is 2. The summed E-state index contributed by atoms with van der Waals surface area (Å²) in [5.74, 6) is 1.47. The zero-order valence-electron chi connectivity index (χ0n) is 20.5. The van der Waals surface area contributed by atoms with Crippen LogP contribution in [0, 0.1) is 12.8 Å². The second kappa shape index (κ2) is 11.5. The minimum absolute atomic E-state index is 0.0877. The van der Waals surface area contributed by atoms with Crippen molar-refractivity contribution in [2.24, 2.45) is 5.92 Å². The summed E-state index contributed by atoms with van der Waals surface area (Å²) >= 11 is 0. The van der Waals surface area contributed by atoms with Gasteiger partial charge < -0.3 is 15.0 Å². The van der Waals surface area contributed by atoms with Crippen LogP contribution in [0.5, 0.6) is 5.75 Å². The molecule has 182 valence electrons. The first-order valence-electron chi connectivity index (χ1n) is 12.6. The number of amides is 2. The van der Waals surface area contributed by atoms with Gasteiger partial charge >= 0.3 is 0 Å². The first-order valence-corrected chi connectivity index (χ1v) is 12.6. The van der Waals surface area contributed by atoms with Crippen molar-refractivity contribution in [3.8, 4) is 5.75 Å². The van der Waals surface area contributed by atoms with Gasteiger partial charge in [0.15, 0.2) is 0 Å². The van der Waals surface area contributed by atoms with Gasteiger partial charge in [0, 0.05) is 38.3 Å². The van der Waals surface area contributed by atoms with Crippen molar-refractivity contribution in [3.05, 3.63) is 65.2 Å². The second-order valence-corrected chi connectivity index (χ2v) is 9.58. The van der Waals surface area contributed by atoms with Gasteiger partial charge in [0.2, 0.25) is 5.91 Å². The topological polar surface area (TPSA) is 61.9 Å². The smallest absolute Gasteiger partial charge is 0.253 e. The Hall–Kier alpha value is -2.86. The van der Waals surface area contributed by atoms with Gasteiger partial charge in [-0.1, -0.05) is 42.7 Å². The first-order chi connectivity index (χ1) is 16.5. The normalized spacial score (nSPS) is 18.0. The molecule has 2 amide bonds. The molecule has 1 unspecified atom stereocenters. The highest BCUT2D eigenvalue weighted by Gasteiger charge is 2.37. The van der Waals surface area contributed by atoms with E-state index in [0.717, 1.165) is 49.2 Å². The van der Waals surface area contributed by atoms with E-state index in [1.54, 1.807) is 7.11 Å². The SMILES string of the molecule is COc1ccc(CCNC(=O)C(C2CCCC2)N2CCN(C(=O)c3cccc(C)c3)CC2)cc1. The van der Waals surface area contributed by atoms with Crippen LogP contribution in [0.3, 0.4) is 0 Å². The number of aryl methyl sites for hydroxylation is 1. The molecule has 6 nitrogen and oxygen atoms in total. The lowest BCUT2D eigenvalue weighted by Gasteiger charge is -2.40. The summed E-state index contributed by atoms with van der Waals surface area (Å²) in [5.41, 5.74) is 3.02. The van der Waals surface area contributed by atoms with Gasteiger partial charge in [0.1, 0.15) is 5.75 Å². The third kappa shape index (κ3) is 5.98. The molecule has 2 aromatic carbocycles. The number of benzene rings is 2. The van der Waals surface area contributed by atoms with E-state index in [2.05, 4.69) is 10.2 Å². The van der Waals surface area contributed by atoms with Crippen molar-refractivity contribution in [3.63, 3.8) is 0 Å². The fraction of sp³-hybridized carbons (Fsp3) is 0.500. The van der Waals surface area contributed by atoms with Crippen molar-refractivity contribution in [1.82, 2.24) is 15.1 Å². The number of piperazine rings is 1. The Balaban J connectivity index is 1.33. The molecule has 0 aromatic heterocycles. The Morgan fingerprint density at radius 3 is 2.38 bits per heavy atom. The summed E-state index contributed by atoms with van der Waals surface area (Å²) in [5, 5.41) is 3.21. The molecule has 0 bridgehead atoms. The molecule has 1 heterocycles. The van der Waals surface area contributed by atoms with Crippen LogP contribution in [0.2, 0.25) is 0 Å². The van der Waals surface area contributed by atoms with Crippen LogP contribution < -0.4 is 10.1 Å². The maximum Gasteiger partial charge on any atom is 0.253 e. The summed E-state index contributed by atoms with van der Waals surface area (Å²) in [6.07, 6.45) is 5.42. The molecular formula is C28H37N3O3. The number of hydrogen-bond acceptors (Lipinski definition) is 4. The fourth-order valence-corrected chi connectivity index (χ4v) is 5.34. The summed E-state index contributed by atoms with van der Waals surface area (Å²) in [6, 6.07) is 15.7. The van der Waals surface area contributed by atoms with Gasteiger partial charge in [0.25, 0.3) is 5.91 Å². The Morgan fingerprint density at radius 2 is 1.74 bits per heavy atom. The van der Waals surface area contributed by atoms with Crippen LogP contribution in [0.1, 0.15) is 47.2 Å². The Kier molecular flexibility index (Phi) is 8.22. The fourth-order valence-electron chi connectivity index (χ4n) is 5.34. The lowest BCUT2D eigenvalue weighted by Crippen LogP contribution is -2.58. The summed E-state index contributed by atoms with van der Waals surface area (Å²) in [7, 11) is 1.66. The molecule has 1 saturated carbocycles. The molecule has 1 aliphatic carbocycles. The largest absolute Gasteiger partial charge is 0.497 e. The van der Waals surface area contributed by atoms with Crippen LogP contribution in [-0.4, -0.2) is 67.5 Å².